The number of halogens is 1. The van der Waals surface area contributed by atoms with Gasteiger partial charge >= 0.3 is 12.1 Å². The van der Waals surface area contributed by atoms with Crippen LogP contribution in [0, 0.1) is 0 Å². The van der Waals surface area contributed by atoms with E-state index in [0.717, 1.165) is 35.7 Å². The van der Waals surface area contributed by atoms with Crippen LogP contribution >= 0.6 is 0 Å². The van der Waals surface area contributed by atoms with Gasteiger partial charge in [-0.2, -0.15) is 0 Å². The quantitative estimate of drug-likeness (QED) is 0.673. The Bertz CT molecular complexity index is 884. The minimum Gasteiger partial charge on any atom is -0.446 e. The van der Waals surface area contributed by atoms with E-state index in [1.807, 2.05) is 42.5 Å². The zero-order valence-electron chi connectivity index (χ0n) is 18.1. The van der Waals surface area contributed by atoms with Crippen molar-refractivity contribution in [1.29, 1.82) is 0 Å². The number of benzene rings is 2. The molecule has 0 bridgehead atoms. The molecule has 0 saturated carbocycles. The van der Waals surface area contributed by atoms with Gasteiger partial charge in [-0.1, -0.05) is 24.3 Å². The smallest absolute Gasteiger partial charge is 0.418 e. The molecule has 1 unspecified atom stereocenters. The number of fused-ring (bicyclic) bond motifs is 1. The molecule has 1 aliphatic carbocycles. The Morgan fingerprint density at radius 1 is 1.06 bits per heavy atom. The van der Waals surface area contributed by atoms with Crippen LogP contribution in [-0.4, -0.2) is 49.4 Å². The van der Waals surface area contributed by atoms with Gasteiger partial charge in [0.2, 0.25) is 0 Å². The highest BCUT2D eigenvalue weighted by molar-refractivity contribution is 5.99. The Balaban J connectivity index is 1.76. The van der Waals surface area contributed by atoms with E-state index in [1.165, 1.54) is 5.56 Å². The van der Waals surface area contributed by atoms with Crippen molar-refractivity contribution in [1.82, 2.24) is 4.90 Å². The fourth-order valence-electron chi connectivity index (χ4n) is 4.02. The van der Waals surface area contributed by atoms with E-state index in [4.69, 9.17) is 4.74 Å². The summed E-state index contributed by atoms with van der Waals surface area (Å²) < 4.78 is 17.5. The number of aryl methyl sites for hydroxylation is 1. The number of carbonyl (C=O) groups is 2. The zero-order valence-corrected chi connectivity index (χ0v) is 18.1. The van der Waals surface area contributed by atoms with Crippen molar-refractivity contribution < 1.29 is 18.7 Å². The molecule has 3 rings (SSSR count). The monoisotopic (exact) mass is 427 g/mol. The van der Waals surface area contributed by atoms with Crippen LogP contribution in [0.3, 0.4) is 0 Å². The molecule has 7 heteroatoms. The number of nitrogens with zero attached hydrogens (tertiary/aromatic N) is 2. The second-order valence-corrected chi connectivity index (χ2v) is 7.49. The van der Waals surface area contributed by atoms with E-state index in [1.54, 1.807) is 0 Å². The van der Waals surface area contributed by atoms with Gasteiger partial charge in [-0.25, -0.2) is 18.9 Å². The predicted molar refractivity (Wildman–Crippen MR) is 120 cm³/mol. The highest BCUT2D eigenvalue weighted by Gasteiger charge is 2.33. The van der Waals surface area contributed by atoms with E-state index < -0.39 is 18.8 Å². The molecule has 2 aromatic rings. The third-order valence-corrected chi connectivity index (χ3v) is 5.65. The maximum absolute atomic E-state index is 13.1. The molecule has 0 aliphatic heterocycles. The van der Waals surface area contributed by atoms with E-state index >= 15 is 0 Å². The average Bonchev–Trinajstić information content (AvgIpc) is 2.79. The van der Waals surface area contributed by atoms with Crippen molar-refractivity contribution in [3.8, 4) is 0 Å². The van der Waals surface area contributed by atoms with Gasteiger partial charge in [0.25, 0.3) is 0 Å². The first-order valence-electron chi connectivity index (χ1n) is 10.8. The van der Waals surface area contributed by atoms with Gasteiger partial charge < -0.3 is 15.0 Å². The molecule has 1 N–H and O–H groups in total. The number of imide groups is 1. The topological polar surface area (TPSA) is 61.9 Å². The summed E-state index contributed by atoms with van der Waals surface area (Å²) in [7, 11) is 0. The minimum absolute atomic E-state index is 0.350. The van der Waals surface area contributed by atoms with Crippen LogP contribution in [0.15, 0.2) is 48.5 Å². The van der Waals surface area contributed by atoms with Gasteiger partial charge in [-0.15, -0.1) is 0 Å². The number of amides is 3. The average molecular weight is 428 g/mol. The van der Waals surface area contributed by atoms with Crippen LogP contribution in [-0.2, 0) is 17.6 Å². The summed E-state index contributed by atoms with van der Waals surface area (Å²) in [6.45, 7) is 4.79. The van der Waals surface area contributed by atoms with Crippen LogP contribution in [0.1, 0.15) is 31.4 Å². The van der Waals surface area contributed by atoms with Gasteiger partial charge in [0.05, 0.1) is 0 Å². The van der Waals surface area contributed by atoms with Crippen LogP contribution < -0.4 is 10.2 Å². The summed E-state index contributed by atoms with van der Waals surface area (Å²) >= 11 is 0. The number of hydrogen-bond acceptors (Lipinski definition) is 4. The van der Waals surface area contributed by atoms with Gasteiger partial charge in [0, 0.05) is 30.5 Å². The van der Waals surface area contributed by atoms with Crippen LogP contribution in [0.25, 0.3) is 0 Å². The number of ether oxygens (including phenoxy) is 1. The Hall–Kier alpha value is -3.09. The lowest BCUT2D eigenvalue weighted by molar-refractivity contribution is 0.0921. The molecule has 1 atom stereocenters. The maximum Gasteiger partial charge on any atom is 0.418 e. The van der Waals surface area contributed by atoms with Gasteiger partial charge in [-0.05, 0) is 68.5 Å². The first-order valence-corrected chi connectivity index (χ1v) is 10.8. The summed E-state index contributed by atoms with van der Waals surface area (Å²) in [5.74, 6) is 0. The van der Waals surface area contributed by atoms with Crippen molar-refractivity contribution in [3.05, 3.63) is 59.7 Å². The molecule has 0 radical (unpaired) electrons. The summed E-state index contributed by atoms with van der Waals surface area (Å²) in [6, 6.07) is 14.6. The summed E-state index contributed by atoms with van der Waals surface area (Å²) in [4.78, 5) is 29.0. The molecule has 1 aliphatic rings. The van der Waals surface area contributed by atoms with E-state index in [-0.39, 0.29) is 12.6 Å². The molecule has 0 aromatic heterocycles. The number of rotatable bonds is 7. The molecule has 0 fully saturated rings. The van der Waals surface area contributed by atoms with Crippen molar-refractivity contribution in [3.63, 3.8) is 0 Å². The molecule has 166 valence electrons. The fraction of sp³-hybridized carbons (Fsp3) is 0.417. The second kappa shape index (κ2) is 10.8. The number of nitrogens with one attached hydrogen (secondary N) is 1. The maximum atomic E-state index is 13.1. The third kappa shape index (κ3) is 5.54. The van der Waals surface area contributed by atoms with Crippen molar-refractivity contribution >= 4 is 23.5 Å². The van der Waals surface area contributed by atoms with Crippen molar-refractivity contribution in [2.75, 3.05) is 36.6 Å². The highest BCUT2D eigenvalue weighted by Crippen LogP contribution is 2.26. The normalized spacial score (nSPS) is 15.0. The molecule has 3 amide bonds. The summed E-state index contributed by atoms with van der Waals surface area (Å²) in [5.41, 5.74) is 3.98. The highest BCUT2D eigenvalue weighted by atomic mass is 19.1. The lowest BCUT2D eigenvalue weighted by Crippen LogP contribution is -2.49. The second-order valence-electron chi connectivity index (χ2n) is 7.49. The molecular formula is C24H30FN3O3. The molecule has 2 aromatic carbocycles. The Morgan fingerprint density at radius 3 is 2.39 bits per heavy atom. The largest absolute Gasteiger partial charge is 0.446 e. The molecule has 0 spiro atoms. The van der Waals surface area contributed by atoms with Gasteiger partial charge in [0.15, 0.2) is 0 Å². The zero-order chi connectivity index (χ0) is 22.2. The third-order valence-electron chi connectivity index (χ3n) is 5.65. The van der Waals surface area contributed by atoms with Crippen molar-refractivity contribution in [2.24, 2.45) is 0 Å². The van der Waals surface area contributed by atoms with Crippen LogP contribution in [0.5, 0.6) is 0 Å². The Morgan fingerprint density at radius 2 is 1.74 bits per heavy atom. The van der Waals surface area contributed by atoms with Crippen LogP contribution in [0.4, 0.5) is 25.4 Å². The molecule has 0 heterocycles. The Kier molecular flexibility index (Phi) is 7.87. The lowest BCUT2D eigenvalue weighted by atomic mass is 9.88. The standard InChI is InChI=1S/C24H30FN3O3/c1-3-27(4-2)21-13-10-20(11-14-21)26-23(29)28(24(30)31-16-15-25)22-12-9-18-7-5-6-8-19(18)17-22/h5-8,10-11,13-14,22H,3-4,9,12,15-17H2,1-2H3,(H,26,29). The lowest BCUT2D eigenvalue weighted by Gasteiger charge is -2.33. The van der Waals surface area contributed by atoms with E-state index in [0.29, 0.717) is 18.5 Å². The molecular weight excluding hydrogens is 397 g/mol. The SMILES string of the molecule is CCN(CC)c1ccc(NC(=O)N(C(=O)OCCF)C2CCc3ccccc3C2)cc1. The number of alkyl halides is 1. The summed E-state index contributed by atoms with van der Waals surface area (Å²) in [6.07, 6.45) is 1.13. The summed E-state index contributed by atoms with van der Waals surface area (Å²) in [5, 5.41) is 2.80. The van der Waals surface area contributed by atoms with Gasteiger partial charge in [0.1, 0.15) is 13.3 Å². The number of urea groups is 1. The molecule has 6 nitrogen and oxygen atoms in total. The Labute approximate surface area is 183 Å². The molecule has 31 heavy (non-hydrogen) atoms. The number of anilines is 2. The first kappa shape index (κ1) is 22.6. The first-order chi connectivity index (χ1) is 15.1. The predicted octanol–water partition coefficient (Wildman–Crippen LogP) is 5.03. The van der Waals surface area contributed by atoms with Gasteiger partial charge in [-0.3, -0.25) is 0 Å². The number of carbonyl (C=O) groups excluding carboxylic acids is 2. The van der Waals surface area contributed by atoms with E-state index in [2.05, 4.69) is 30.1 Å². The molecule has 0 saturated heterocycles. The minimum atomic E-state index is -0.820. The van der Waals surface area contributed by atoms with Crippen LogP contribution in [0.2, 0.25) is 0 Å². The number of hydrogen-bond donors (Lipinski definition) is 1. The van der Waals surface area contributed by atoms with E-state index in [9.17, 15) is 14.0 Å². The fourth-order valence-corrected chi connectivity index (χ4v) is 4.02. The van der Waals surface area contributed by atoms with Crippen molar-refractivity contribution in [2.45, 2.75) is 39.2 Å².